The predicted molar refractivity (Wildman–Crippen MR) is 71.6 cm³/mol. The first-order chi connectivity index (χ1) is 7.47. The van der Waals surface area contributed by atoms with Crippen LogP contribution in [0.1, 0.15) is 13.3 Å². The van der Waals surface area contributed by atoms with Gasteiger partial charge in [-0.2, -0.15) is 0 Å². The molecule has 0 aliphatic heterocycles. The molecule has 1 aromatic rings. The van der Waals surface area contributed by atoms with Gasteiger partial charge < -0.3 is 10.5 Å². The highest BCUT2D eigenvalue weighted by molar-refractivity contribution is 7.91. The molecular weight excluding hydrogens is 284 g/mol. The second-order valence-electron chi connectivity index (χ2n) is 3.44. The van der Waals surface area contributed by atoms with Gasteiger partial charge in [-0.25, -0.2) is 13.1 Å². The van der Waals surface area contributed by atoms with Gasteiger partial charge in [0, 0.05) is 12.6 Å². The molecule has 0 fully saturated rings. The van der Waals surface area contributed by atoms with Crippen LogP contribution in [0.3, 0.4) is 0 Å². The first-order valence-electron chi connectivity index (χ1n) is 4.84. The number of hydrogen-bond donors (Lipinski definition) is 2. The average molecular weight is 301 g/mol. The summed E-state index contributed by atoms with van der Waals surface area (Å²) in [7, 11) is -2.02. The van der Waals surface area contributed by atoms with E-state index in [2.05, 4.69) is 4.72 Å². The molecule has 0 bridgehead atoms. The molecule has 5 nitrogen and oxygen atoms in total. The van der Waals surface area contributed by atoms with Gasteiger partial charge in [0.15, 0.2) is 4.21 Å². The van der Waals surface area contributed by atoms with Crippen molar-refractivity contribution in [3.8, 4) is 5.75 Å². The van der Waals surface area contributed by atoms with Crippen molar-refractivity contribution in [3.63, 3.8) is 0 Å². The van der Waals surface area contributed by atoms with Crippen molar-refractivity contribution in [2.24, 2.45) is 5.73 Å². The summed E-state index contributed by atoms with van der Waals surface area (Å²) < 4.78 is 31.3. The third kappa shape index (κ3) is 4.81. The van der Waals surface area contributed by atoms with Crippen LogP contribution in [-0.4, -0.2) is 28.1 Å². The highest BCUT2D eigenvalue weighted by Gasteiger charge is 2.20. The van der Waals surface area contributed by atoms with E-state index in [1.165, 1.54) is 7.11 Å². The average Bonchev–Trinajstić information content (AvgIpc) is 2.64. The summed E-state index contributed by atoms with van der Waals surface area (Å²) in [6.45, 7) is 2.17. The van der Waals surface area contributed by atoms with E-state index in [-0.39, 0.29) is 22.7 Å². The van der Waals surface area contributed by atoms with E-state index in [1.54, 1.807) is 11.4 Å². The maximum Gasteiger partial charge on any atom is 0.253 e. The van der Waals surface area contributed by atoms with Gasteiger partial charge in [0.1, 0.15) is 5.75 Å². The summed E-state index contributed by atoms with van der Waals surface area (Å²) in [5.41, 5.74) is 5.54. The molecule has 8 heteroatoms. The highest BCUT2D eigenvalue weighted by atomic mass is 35.5. The lowest BCUT2D eigenvalue weighted by molar-refractivity contribution is 0.406. The number of ether oxygens (including phenoxy) is 1. The van der Waals surface area contributed by atoms with Gasteiger partial charge in [-0.15, -0.1) is 23.7 Å². The van der Waals surface area contributed by atoms with Crippen LogP contribution in [0.25, 0.3) is 0 Å². The Balaban J connectivity index is 0.00000256. The molecule has 1 heterocycles. The third-order valence-corrected chi connectivity index (χ3v) is 4.86. The molecular formula is C9H17ClN2O3S2. The fourth-order valence-corrected chi connectivity index (χ4v) is 3.48. The quantitative estimate of drug-likeness (QED) is 0.827. The smallest absolute Gasteiger partial charge is 0.253 e. The Morgan fingerprint density at radius 3 is 2.76 bits per heavy atom. The van der Waals surface area contributed by atoms with Crippen molar-refractivity contribution < 1.29 is 13.2 Å². The second-order valence-corrected chi connectivity index (χ2v) is 6.32. The molecule has 100 valence electrons. The Morgan fingerprint density at radius 1 is 1.59 bits per heavy atom. The first-order valence-corrected chi connectivity index (χ1v) is 7.20. The van der Waals surface area contributed by atoms with Crippen molar-refractivity contribution in [1.29, 1.82) is 0 Å². The molecule has 0 aliphatic carbocycles. The van der Waals surface area contributed by atoms with Crippen molar-refractivity contribution >= 4 is 33.8 Å². The van der Waals surface area contributed by atoms with E-state index in [9.17, 15) is 8.42 Å². The number of nitrogens with two attached hydrogens (primary N) is 1. The summed E-state index contributed by atoms with van der Waals surface area (Å²) in [5.74, 6) is 0.373. The molecule has 0 spiro atoms. The molecule has 1 aromatic heterocycles. The Bertz CT molecular complexity index is 431. The van der Waals surface area contributed by atoms with Gasteiger partial charge >= 0.3 is 0 Å². The molecule has 0 saturated carbocycles. The van der Waals surface area contributed by atoms with E-state index >= 15 is 0 Å². The molecule has 0 aliphatic rings. The predicted octanol–water partition coefficient (Wildman–Crippen LogP) is 1.19. The highest BCUT2D eigenvalue weighted by Crippen LogP contribution is 2.28. The summed E-state index contributed by atoms with van der Waals surface area (Å²) >= 11 is 1.13. The molecule has 3 N–H and O–H groups in total. The van der Waals surface area contributed by atoms with Crippen molar-refractivity contribution in [1.82, 2.24) is 4.72 Å². The Labute approximate surface area is 112 Å². The van der Waals surface area contributed by atoms with Crippen molar-refractivity contribution in [2.45, 2.75) is 23.6 Å². The summed E-state index contributed by atoms with van der Waals surface area (Å²) in [4.78, 5) is 0. The zero-order valence-electron chi connectivity index (χ0n) is 9.67. The van der Waals surface area contributed by atoms with Crippen LogP contribution in [-0.2, 0) is 10.0 Å². The maximum absolute atomic E-state index is 11.8. The lowest BCUT2D eigenvalue weighted by atomic mass is 10.3. The fraction of sp³-hybridized carbons (Fsp3) is 0.556. The van der Waals surface area contributed by atoms with Gasteiger partial charge in [-0.1, -0.05) is 0 Å². The molecule has 0 saturated heterocycles. The van der Waals surface area contributed by atoms with E-state index in [0.29, 0.717) is 18.7 Å². The number of hydrogen-bond acceptors (Lipinski definition) is 5. The molecule has 1 atom stereocenters. The normalized spacial score (nSPS) is 12.9. The molecule has 1 unspecified atom stereocenters. The topological polar surface area (TPSA) is 81.4 Å². The minimum Gasteiger partial charge on any atom is -0.494 e. The summed E-state index contributed by atoms with van der Waals surface area (Å²) in [5, 5.41) is 1.68. The van der Waals surface area contributed by atoms with Gasteiger partial charge in [-0.3, -0.25) is 0 Å². The fourth-order valence-electron chi connectivity index (χ4n) is 1.12. The van der Waals surface area contributed by atoms with Gasteiger partial charge in [0.05, 0.1) is 7.11 Å². The van der Waals surface area contributed by atoms with E-state index in [4.69, 9.17) is 10.5 Å². The van der Waals surface area contributed by atoms with Crippen LogP contribution in [0.5, 0.6) is 5.75 Å². The van der Waals surface area contributed by atoms with Gasteiger partial charge in [0.25, 0.3) is 10.0 Å². The molecule has 17 heavy (non-hydrogen) atoms. The van der Waals surface area contributed by atoms with Crippen molar-refractivity contribution in [3.05, 3.63) is 11.4 Å². The molecule has 0 amide bonds. The molecule has 0 aromatic carbocycles. The van der Waals surface area contributed by atoms with Crippen LogP contribution in [0, 0.1) is 0 Å². The van der Waals surface area contributed by atoms with E-state index < -0.39 is 10.0 Å². The van der Waals surface area contributed by atoms with Crippen LogP contribution < -0.4 is 15.2 Å². The number of rotatable bonds is 6. The van der Waals surface area contributed by atoms with Crippen LogP contribution >= 0.6 is 23.7 Å². The Morgan fingerprint density at radius 2 is 2.24 bits per heavy atom. The number of halogens is 1. The zero-order valence-corrected chi connectivity index (χ0v) is 12.1. The zero-order chi connectivity index (χ0) is 12.2. The number of methoxy groups -OCH3 is 1. The first kappa shape index (κ1) is 16.7. The van der Waals surface area contributed by atoms with Crippen LogP contribution in [0.4, 0.5) is 0 Å². The minimum absolute atomic E-state index is 0. The van der Waals surface area contributed by atoms with E-state index in [1.807, 2.05) is 6.92 Å². The summed E-state index contributed by atoms with van der Waals surface area (Å²) in [6, 6.07) is 1.61. The van der Waals surface area contributed by atoms with Gasteiger partial charge in [-0.05, 0) is 24.8 Å². The Kier molecular flexibility index (Phi) is 7.03. The SMILES string of the molecule is COc1ccsc1S(=O)(=O)NCCC(C)N.Cl. The van der Waals surface area contributed by atoms with E-state index in [0.717, 1.165) is 11.3 Å². The monoisotopic (exact) mass is 300 g/mol. The standard InChI is InChI=1S/C9H16N2O3S2.ClH/c1-7(10)3-5-11-16(12,13)9-8(14-2)4-6-15-9;/h4,6-7,11H,3,5,10H2,1-2H3;1H. The van der Waals surface area contributed by atoms with Crippen LogP contribution in [0.15, 0.2) is 15.7 Å². The largest absolute Gasteiger partial charge is 0.494 e. The number of sulfonamides is 1. The van der Waals surface area contributed by atoms with Crippen LogP contribution in [0.2, 0.25) is 0 Å². The third-order valence-electron chi connectivity index (χ3n) is 1.95. The number of nitrogens with one attached hydrogen (secondary N) is 1. The second kappa shape index (κ2) is 7.17. The Hall–Kier alpha value is -0.340. The number of thiophene rings is 1. The lowest BCUT2D eigenvalue weighted by Gasteiger charge is -2.08. The minimum atomic E-state index is -3.47. The van der Waals surface area contributed by atoms with Crippen molar-refractivity contribution in [2.75, 3.05) is 13.7 Å². The van der Waals surface area contributed by atoms with Gasteiger partial charge in [0.2, 0.25) is 0 Å². The molecule has 0 radical (unpaired) electrons. The molecule has 1 rings (SSSR count). The lowest BCUT2D eigenvalue weighted by Crippen LogP contribution is -2.28. The summed E-state index contributed by atoms with van der Waals surface area (Å²) in [6.07, 6.45) is 0.604. The maximum atomic E-state index is 11.8.